The number of amides is 1. The van der Waals surface area contributed by atoms with E-state index in [1.807, 2.05) is 56.3 Å². The highest BCUT2D eigenvalue weighted by Crippen LogP contribution is 2.20. The summed E-state index contributed by atoms with van der Waals surface area (Å²) in [6, 6.07) is 13.5. The number of carbonyl (C=O) groups is 1. The van der Waals surface area contributed by atoms with Crippen molar-refractivity contribution in [3.05, 3.63) is 53.6 Å². The van der Waals surface area contributed by atoms with E-state index in [0.29, 0.717) is 12.3 Å². The number of carbonyl (C=O) groups excluding carboxylic acids is 1. The molecule has 0 saturated carbocycles. The zero-order valence-corrected chi connectivity index (χ0v) is 16.7. The van der Waals surface area contributed by atoms with E-state index in [0.717, 1.165) is 29.0 Å². The van der Waals surface area contributed by atoms with Gasteiger partial charge in [0.15, 0.2) is 6.61 Å². The van der Waals surface area contributed by atoms with Crippen LogP contribution in [-0.2, 0) is 4.79 Å². The lowest BCUT2D eigenvalue weighted by molar-refractivity contribution is -0.118. The monoisotopic (exact) mass is 369 g/mol. The van der Waals surface area contributed by atoms with Gasteiger partial charge in [0.25, 0.3) is 5.91 Å². The van der Waals surface area contributed by atoms with Crippen LogP contribution in [0.25, 0.3) is 0 Å². The first-order chi connectivity index (χ1) is 13.1. The molecule has 2 aromatic carbocycles. The van der Waals surface area contributed by atoms with E-state index in [9.17, 15) is 4.79 Å². The quantitative estimate of drug-likeness (QED) is 0.519. The van der Waals surface area contributed by atoms with E-state index in [2.05, 4.69) is 12.2 Å². The van der Waals surface area contributed by atoms with Crippen molar-refractivity contribution in [2.75, 3.05) is 18.5 Å². The second-order valence-electron chi connectivity index (χ2n) is 6.90. The number of aryl methyl sites for hydroxylation is 2. The molecule has 0 spiro atoms. The van der Waals surface area contributed by atoms with Crippen molar-refractivity contribution in [1.29, 1.82) is 0 Å². The first-order valence-electron chi connectivity index (χ1n) is 9.81. The van der Waals surface area contributed by atoms with Gasteiger partial charge in [0.05, 0.1) is 6.61 Å². The fourth-order valence-corrected chi connectivity index (χ4v) is 2.76. The number of hydrogen-bond acceptors (Lipinski definition) is 3. The summed E-state index contributed by atoms with van der Waals surface area (Å²) >= 11 is 0. The number of ether oxygens (including phenoxy) is 2. The molecule has 0 aliphatic carbocycles. The zero-order chi connectivity index (χ0) is 19.5. The third-order valence-electron chi connectivity index (χ3n) is 4.34. The van der Waals surface area contributed by atoms with E-state index in [1.54, 1.807) is 0 Å². The normalized spacial score (nSPS) is 10.5. The van der Waals surface area contributed by atoms with Gasteiger partial charge < -0.3 is 14.8 Å². The largest absolute Gasteiger partial charge is 0.494 e. The van der Waals surface area contributed by atoms with Gasteiger partial charge in [0, 0.05) is 11.8 Å². The standard InChI is InChI=1S/C23H31NO3/c1-4-5-6-7-8-14-26-21-11-9-10-20(16-21)24-23(25)17-27-22-15-18(2)12-13-19(22)3/h9-13,15-16H,4-8,14,17H2,1-3H3,(H,24,25). The van der Waals surface area contributed by atoms with Gasteiger partial charge in [-0.2, -0.15) is 0 Å². The molecule has 0 aromatic heterocycles. The molecule has 27 heavy (non-hydrogen) atoms. The third-order valence-corrected chi connectivity index (χ3v) is 4.34. The second kappa shape index (κ2) is 11.3. The van der Waals surface area contributed by atoms with Crippen molar-refractivity contribution in [1.82, 2.24) is 0 Å². The SMILES string of the molecule is CCCCCCCOc1cccc(NC(=O)COc2cc(C)ccc2C)c1. The van der Waals surface area contributed by atoms with Gasteiger partial charge in [-0.25, -0.2) is 0 Å². The highest BCUT2D eigenvalue weighted by molar-refractivity contribution is 5.92. The van der Waals surface area contributed by atoms with Crippen molar-refractivity contribution in [3.8, 4) is 11.5 Å². The van der Waals surface area contributed by atoms with E-state index < -0.39 is 0 Å². The minimum absolute atomic E-state index is 0.0210. The molecule has 0 fully saturated rings. The summed E-state index contributed by atoms with van der Waals surface area (Å²) in [7, 11) is 0. The molecule has 0 bridgehead atoms. The Labute approximate surface area is 162 Å². The average Bonchev–Trinajstić information content (AvgIpc) is 2.65. The summed E-state index contributed by atoms with van der Waals surface area (Å²) in [5, 5.41) is 2.86. The summed E-state index contributed by atoms with van der Waals surface area (Å²) in [6.45, 7) is 6.87. The molecule has 4 nitrogen and oxygen atoms in total. The van der Waals surface area contributed by atoms with Crippen LogP contribution in [0.1, 0.15) is 50.2 Å². The molecule has 0 atom stereocenters. The van der Waals surface area contributed by atoms with Gasteiger partial charge in [-0.05, 0) is 49.6 Å². The number of benzene rings is 2. The van der Waals surface area contributed by atoms with Crippen LogP contribution in [0.3, 0.4) is 0 Å². The first-order valence-corrected chi connectivity index (χ1v) is 9.81. The molecule has 0 radical (unpaired) electrons. The Kier molecular flexibility index (Phi) is 8.69. The Morgan fingerprint density at radius 3 is 2.59 bits per heavy atom. The van der Waals surface area contributed by atoms with Crippen LogP contribution in [0, 0.1) is 13.8 Å². The predicted molar refractivity (Wildman–Crippen MR) is 111 cm³/mol. The van der Waals surface area contributed by atoms with Crippen LogP contribution < -0.4 is 14.8 Å². The smallest absolute Gasteiger partial charge is 0.262 e. The predicted octanol–water partition coefficient (Wildman–Crippen LogP) is 5.67. The molecule has 0 heterocycles. The summed E-state index contributed by atoms with van der Waals surface area (Å²) < 4.78 is 11.4. The lowest BCUT2D eigenvalue weighted by atomic mass is 10.1. The summed E-state index contributed by atoms with van der Waals surface area (Å²) in [5.74, 6) is 1.33. The summed E-state index contributed by atoms with van der Waals surface area (Å²) in [4.78, 5) is 12.2. The first kappa shape index (κ1) is 20.8. The Morgan fingerprint density at radius 2 is 1.78 bits per heavy atom. The number of rotatable bonds is 11. The van der Waals surface area contributed by atoms with Crippen LogP contribution >= 0.6 is 0 Å². The van der Waals surface area contributed by atoms with E-state index >= 15 is 0 Å². The number of unbranched alkanes of at least 4 members (excludes halogenated alkanes) is 4. The average molecular weight is 370 g/mol. The molecule has 1 amide bonds. The molecule has 0 aliphatic heterocycles. The number of anilines is 1. The van der Waals surface area contributed by atoms with Gasteiger partial charge >= 0.3 is 0 Å². The van der Waals surface area contributed by atoms with Gasteiger partial charge in [0.2, 0.25) is 0 Å². The number of nitrogens with one attached hydrogen (secondary N) is 1. The fourth-order valence-electron chi connectivity index (χ4n) is 2.76. The summed E-state index contributed by atoms with van der Waals surface area (Å²) in [6.07, 6.45) is 6.04. The third kappa shape index (κ3) is 7.73. The molecule has 2 rings (SSSR count). The fraction of sp³-hybridized carbons (Fsp3) is 0.435. The molecular weight excluding hydrogens is 338 g/mol. The Morgan fingerprint density at radius 1 is 0.963 bits per heavy atom. The molecule has 146 valence electrons. The maximum absolute atomic E-state index is 12.2. The van der Waals surface area contributed by atoms with Crippen LogP contribution in [0.2, 0.25) is 0 Å². The molecule has 0 aliphatic rings. The second-order valence-corrected chi connectivity index (χ2v) is 6.90. The van der Waals surface area contributed by atoms with E-state index in [1.165, 1.54) is 25.7 Å². The van der Waals surface area contributed by atoms with Crippen LogP contribution in [-0.4, -0.2) is 19.1 Å². The molecule has 0 unspecified atom stereocenters. The van der Waals surface area contributed by atoms with Crippen LogP contribution in [0.5, 0.6) is 11.5 Å². The highest BCUT2D eigenvalue weighted by atomic mass is 16.5. The van der Waals surface area contributed by atoms with Crippen molar-refractivity contribution in [2.24, 2.45) is 0 Å². The van der Waals surface area contributed by atoms with Crippen molar-refractivity contribution >= 4 is 11.6 Å². The van der Waals surface area contributed by atoms with Crippen LogP contribution in [0.4, 0.5) is 5.69 Å². The highest BCUT2D eigenvalue weighted by Gasteiger charge is 2.07. The number of hydrogen-bond donors (Lipinski definition) is 1. The minimum atomic E-state index is -0.187. The Balaban J connectivity index is 1.77. The maximum atomic E-state index is 12.2. The lowest BCUT2D eigenvalue weighted by Crippen LogP contribution is -2.20. The molecule has 4 heteroatoms. The maximum Gasteiger partial charge on any atom is 0.262 e. The molecule has 1 N–H and O–H groups in total. The van der Waals surface area contributed by atoms with E-state index in [4.69, 9.17) is 9.47 Å². The summed E-state index contributed by atoms with van der Waals surface area (Å²) in [5.41, 5.74) is 2.84. The van der Waals surface area contributed by atoms with Gasteiger partial charge in [0.1, 0.15) is 11.5 Å². The van der Waals surface area contributed by atoms with Crippen LogP contribution in [0.15, 0.2) is 42.5 Å². The topological polar surface area (TPSA) is 47.6 Å². The van der Waals surface area contributed by atoms with Gasteiger partial charge in [-0.1, -0.05) is 50.8 Å². The van der Waals surface area contributed by atoms with E-state index in [-0.39, 0.29) is 12.5 Å². The zero-order valence-electron chi connectivity index (χ0n) is 16.7. The van der Waals surface area contributed by atoms with Gasteiger partial charge in [-0.3, -0.25) is 4.79 Å². The minimum Gasteiger partial charge on any atom is -0.494 e. The van der Waals surface area contributed by atoms with Crippen molar-refractivity contribution < 1.29 is 14.3 Å². The molecule has 0 saturated heterocycles. The molecule has 2 aromatic rings. The van der Waals surface area contributed by atoms with Gasteiger partial charge in [-0.15, -0.1) is 0 Å². The van der Waals surface area contributed by atoms with Crippen molar-refractivity contribution in [2.45, 2.75) is 52.9 Å². The Bertz CT molecular complexity index is 727. The lowest BCUT2D eigenvalue weighted by Gasteiger charge is -2.11. The molecular formula is C23H31NO3. The Hall–Kier alpha value is -2.49. The van der Waals surface area contributed by atoms with Crippen molar-refractivity contribution in [3.63, 3.8) is 0 Å².